The number of pyridine rings is 1. The first-order valence-corrected chi connectivity index (χ1v) is 7.78. The molecule has 0 fully saturated rings. The Hall–Kier alpha value is -2.08. The summed E-state index contributed by atoms with van der Waals surface area (Å²) in [6.07, 6.45) is 1.86. The standard InChI is InChI=1S/C16H17BrN4O/c1-10-3-4-11(7-20-10)8-21-14-6-13(19-2)12(17)5-15(14)22-9-16(21)18/h3-7,18-19H,8-9H2,1-2H3. The van der Waals surface area contributed by atoms with Crippen LogP contribution in [0.5, 0.6) is 5.75 Å². The van der Waals surface area contributed by atoms with Crippen LogP contribution in [0.2, 0.25) is 0 Å². The van der Waals surface area contributed by atoms with Gasteiger partial charge in [-0.25, -0.2) is 0 Å². The van der Waals surface area contributed by atoms with Crippen molar-refractivity contribution in [3.05, 3.63) is 46.2 Å². The van der Waals surface area contributed by atoms with Gasteiger partial charge in [-0.2, -0.15) is 0 Å². The molecule has 2 heterocycles. The van der Waals surface area contributed by atoms with E-state index in [4.69, 9.17) is 10.1 Å². The van der Waals surface area contributed by atoms with E-state index in [9.17, 15) is 0 Å². The van der Waals surface area contributed by atoms with Crippen molar-refractivity contribution in [3.63, 3.8) is 0 Å². The number of fused-ring (bicyclic) bond motifs is 1. The summed E-state index contributed by atoms with van der Waals surface area (Å²) in [6, 6.07) is 7.96. The van der Waals surface area contributed by atoms with Crippen LogP contribution in [0.25, 0.3) is 0 Å². The third-order valence-corrected chi connectivity index (χ3v) is 4.27. The Morgan fingerprint density at radius 2 is 2.23 bits per heavy atom. The summed E-state index contributed by atoms with van der Waals surface area (Å²) in [7, 11) is 1.87. The van der Waals surface area contributed by atoms with Gasteiger partial charge in [0, 0.05) is 23.4 Å². The summed E-state index contributed by atoms with van der Waals surface area (Å²) < 4.78 is 6.61. The number of hydrogen-bond donors (Lipinski definition) is 2. The van der Waals surface area contributed by atoms with Gasteiger partial charge >= 0.3 is 0 Å². The highest BCUT2D eigenvalue weighted by Crippen LogP contribution is 2.39. The summed E-state index contributed by atoms with van der Waals surface area (Å²) in [6.45, 7) is 2.84. The van der Waals surface area contributed by atoms with Crippen LogP contribution in [0.3, 0.4) is 0 Å². The van der Waals surface area contributed by atoms with Crippen LogP contribution in [-0.2, 0) is 6.54 Å². The number of ether oxygens (including phenoxy) is 1. The van der Waals surface area contributed by atoms with E-state index in [0.29, 0.717) is 12.4 Å². The Balaban J connectivity index is 1.98. The zero-order valence-corrected chi connectivity index (χ0v) is 14.1. The molecule has 3 rings (SSSR count). The minimum absolute atomic E-state index is 0.275. The molecule has 2 aromatic rings. The third kappa shape index (κ3) is 2.78. The maximum absolute atomic E-state index is 8.20. The molecule has 2 N–H and O–H groups in total. The van der Waals surface area contributed by atoms with Crippen LogP contribution < -0.4 is 15.0 Å². The van der Waals surface area contributed by atoms with Crippen LogP contribution in [0.1, 0.15) is 11.3 Å². The molecule has 1 aromatic carbocycles. The molecule has 5 nitrogen and oxygen atoms in total. The molecule has 22 heavy (non-hydrogen) atoms. The first-order chi connectivity index (χ1) is 10.6. The average molecular weight is 361 g/mol. The van der Waals surface area contributed by atoms with Gasteiger partial charge in [0.05, 0.1) is 17.9 Å². The zero-order chi connectivity index (χ0) is 15.7. The normalized spacial score (nSPS) is 13.6. The van der Waals surface area contributed by atoms with Crippen LogP contribution in [0.15, 0.2) is 34.9 Å². The molecule has 0 spiro atoms. The van der Waals surface area contributed by atoms with Crippen molar-refractivity contribution in [2.24, 2.45) is 0 Å². The van der Waals surface area contributed by atoms with Crippen molar-refractivity contribution in [1.82, 2.24) is 4.98 Å². The quantitative estimate of drug-likeness (QED) is 0.878. The van der Waals surface area contributed by atoms with E-state index in [1.807, 2.05) is 49.3 Å². The fraction of sp³-hybridized carbons (Fsp3) is 0.250. The number of benzene rings is 1. The van der Waals surface area contributed by atoms with Crippen molar-refractivity contribution in [2.45, 2.75) is 13.5 Å². The third-order valence-electron chi connectivity index (χ3n) is 3.61. The molecule has 0 saturated heterocycles. The van der Waals surface area contributed by atoms with Crippen LogP contribution in [0, 0.1) is 12.3 Å². The fourth-order valence-corrected chi connectivity index (χ4v) is 2.91. The number of hydrogen-bond acceptors (Lipinski definition) is 4. The monoisotopic (exact) mass is 360 g/mol. The Morgan fingerprint density at radius 3 is 2.91 bits per heavy atom. The number of halogens is 1. The lowest BCUT2D eigenvalue weighted by molar-refractivity contribution is 0.364. The predicted molar refractivity (Wildman–Crippen MR) is 92.1 cm³/mol. The second-order valence-electron chi connectivity index (χ2n) is 5.18. The smallest absolute Gasteiger partial charge is 0.146 e. The van der Waals surface area contributed by atoms with Crippen LogP contribution >= 0.6 is 15.9 Å². The maximum atomic E-state index is 8.20. The number of nitrogens with one attached hydrogen (secondary N) is 2. The van der Waals surface area contributed by atoms with Gasteiger partial charge in [-0.15, -0.1) is 0 Å². The zero-order valence-electron chi connectivity index (χ0n) is 12.5. The maximum Gasteiger partial charge on any atom is 0.146 e. The molecule has 1 aliphatic heterocycles. The van der Waals surface area contributed by atoms with Gasteiger partial charge in [0.25, 0.3) is 0 Å². The van der Waals surface area contributed by atoms with Gasteiger partial charge in [-0.1, -0.05) is 6.07 Å². The van der Waals surface area contributed by atoms with Gasteiger partial charge in [0.1, 0.15) is 18.2 Å². The molecule has 0 aliphatic carbocycles. The SMILES string of the molecule is CNc1cc2c(cc1Br)OCC(=N)N2Cc1ccc(C)nc1. The summed E-state index contributed by atoms with van der Waals surface area (Å²) in [5, 5.41) is 11.3. The molecule has 0 amide bonds. The second-order valence-corrected chi connectivity index (χ2v) is 6.03. The second kappa shape index (κ2) is 5.96. The van der Waals surface area contributed by atoms with E-state index in [2.05, 4.69) is 26.2 Å². The van der Waals surface area contributed by atoms with Crippen molar-refractivity contribution >= 4 is 33.1 Å². The van der Waals surface area contributed by atoms with Gasteiger partial charge < -0.3 is 15.0 Å². The Bertz CT molecular complexity index is 715. The lowest BCUT2D eigenvalue weighted by Crippen LogP contribution is -2.37. The highest BCUT2D eigenvalue weighted by Gasteiger charge is 2.24. The predicted octanol–water partition coefficient (Wildman–Crippen LogP) is 3.57. The lowest BCUT2D eigenvalue weighted by Gasteiger charge is -2.32. The fourth-order valence-electron chi connectivity index (χ4n) is 2.39. The number of anilines is 2. The summed E-state index contributed by atoms with van der Waals surface area (Å²) in [5.41, 5.74) is 3.91. The summed E-state index contributed by atoms with van der Waals surface area (Å²) >= 11 is 3.52. The van der Waals surface area contributed by atoms with Crippen molar-refractivity contribution in [1.29, 1.82) is 5.41 Å². The molecule has 1 aromatic heterocycles. The first kappa shape index (κ1) is 14.8. The molecular weight excluding hydrogens is 344 g/mol. The average Bonchev–Trinajstić information content (AvgIpc) is 2.52. The lowest BCUT2D eigenvalue weighted by atomic mass is 10.1. The van der Waals surface area contributed by atoms with Crippen molar-refractivity contribution < 1.29 is 4.74 Å². The van der Waals surface area contributed by atoms with Gasteiger partial charge in [-0.3, -0.25) is 10.4 Å². The van der Waals surface area contributed by atoms with E-state index in [0.717, 1.165) is 32.9 Å². The number of nitrogens with zero attached hydrogens (tertiary/aromatic N) is 2. The van der Waals surface area contributed by atoms with Crippen LogP contribution in [-0.4, -0.2) is 24.5 Å². The molecule has 1 aliphatic rings. The number of aromatic nitrogens is 1. The summed E-state index contributed by atoms with van der Waals surface area (Å²) in [5.74, 6) is 1.22. The van der Waals surface area contributed by atoms with E-state index in [1.54, 1.807) is 0 Å². The van der Waals surface area contributed by atoms with E-state index < -0.39 is 0 Å². The molecule has 0 atom stereocenters. The van der Waals surface area contributed by atoms with E-state index >= 15 is 0 Å². The Morgan fingerprint density at radius 1 is 1.41 bits per heavy atom. The van der Waals surface area contributed by atoms with Crippen LogP contribution in [0.4, 0.5) is 11.4 Å². The number of rotatable bonds is 3. The number of aryl methyl sites for hydroxylation is 1. The molecular formula is C16H17BrN4O. The Labute approximate surface area is 138 Å². The highest BCUT2D eigenvalue weighted by molar-refractivity contribution is 9.10. The highest BCUT2D eigenvalue weighted by atomic mass is 79.9. The molecule has 114 valence electrons. The van der Waals surface area contributed by atoms with Crippen molar-refractivity contribution in [2.75, 3.05) is 23.9 Å². The molecule has 0 unspecified atom stereocenters. The van der Waals surface area contributed by atoms with Gasteiger partial charge in [0.15, 0.2) is 0 Å². The van der Waals surface area contributed by atoms with Gasteiger partial charge in [0.2, 0.25) is 0 Å². The van der Waals surface area contributed by atoms with E-state index in [1.165, 1.54) is 0 Å². The Kier molecular flexibility index (Phi) is 4.02. The largest absolute Gasteiger partial charge is 0.483 e. The number of amidine groups is 1. The van der Waals surface area contributed by atoms with E-state index in [-0.39, 0.29) is 6.61 Å². The first-order valence-electron chi connectivity index (χ1n) is 6.99. The van der Waals surface area contributed by atoms with Crippen molar-refractivity contribution in [3.8, 4) is 5.75 Å². The molecule has 0 radical (unpaired) electrons. The van der Waals surface area contributed by atoms with Gasteiger partial charge in [-0.05, 0) is 46.6 Å². The topological polar surface area (TPSA) is 61.2 Å². The molecule has 0 saturated carbocycles. The minimum atomic E-state index is 0.275. The molecule has 0 bridgehead atoms. The minimum Gasteiger partial charge on any atom is -0.483 e. The summed E-state index contributed by atoms with van der Waals surface area (Å²) in [4.78, 5) is 6.28. The molecule has 6 heteroatoms.